The van der Waals surface area contributed by atoms with Crippen molar-refractivity contribution in [3.8, 4) is 35.2 Å². The molecular formula is C34H38N2O10+2. The Morgan fingerprint density at radius 1 is 0.543 bits per heavy atom. The van der Waals surface area contributed by atoms with Gasteiger partial charge in [0, 0.05) is 22.3 Å². The smallest absolute Gasteiger partial charge is 0.255 e. The molecule has 0 spiro atoms. The van der Waals surface area contributed by atoms with Gasteiger partial charge in [0.2, 0.25) is 0 Å². The first-order valence-corrected chi connectivity index (χ1v) is 14.8. The number of quaternary nitrogens is 2. The molecule has 2 aliphatic heterocycles. The van der Waals surface area contributed by atoms with Crippen LogP contribution in [0.15, 0.2) is 72.8 Å². The summed E-state index contributed by atoms with van der Waals surface area (Å²) >= 11 is 0. The Kier molecular flexibility index (Phi) is 10.9. The highest BCUT2D eigenvalue weighted by Gasteiger charge is 2.47. The SMILES string of the molecule is [NH3+][C@H]1[C@H](Oc2cccc(C#Cc3ccc(C#Cc4cccc(O[C@@H]5O[C@H](CO)[C@@H](O)[C@H](O)[C@H]5[NH3+])c4)cc3)c2)O[C@H](CO)[C@@H](O)[C@@H]1O. The maximum Gasteiger partial charge on any atom is 0.255 e. The molecule has 2 fully saturated rings. The second kappa shape index (κ2) is 15.0. The van der Waals surface area contributed by atoms with Crippen LogP contribution in [0.25, 0.3) is 0 Å². The monoisotopic (exact) mass is 634 g/mol. The summed E-state index contributed by atoms with van der Waals surface area (Å²) in [7, 11) is 0. The zero-order valence-corrected chi connectivity index (χ0v) is 24.8. The fourth-order valence-electron chi connectivity index (χ4n) is 5.00. The van der Waals surface area contributed by atoms with Crippen molar-refractivity contribution in [3.63, 3.8) is 0 Å². The standard InChI is InChI=1S/C34H36N2O10/c35-27-31(41)29(39)25(17-37)45-33(27)43-23-5-1-3-21(15-23)13-11-19-7-9-20(10-8-19)12-14-22-4-2-6-24(16-22)44-34-28(36)32(42)30(40)26(18-38)46-34/h1-10,15-16,25-34,37-42H,17-18,35-36H2/p+2/t25-,26-,27-,28-,29-,30-,31-,32-,33-,34-/m1/s1. The van der Waals surface area contributed by atoms with Crippen molar-refractivity contribution in [3.05, 3.63) is 95.1 Å². The number of ether oxygens (including phenoxy) is 4. The minimum Gasteiger partial charge on any atom is -0.458 e. The number of hydrogen-bond acceptors (Lipinski definition) is 10. The van der Waals surface area contributed by atoms with Crippen LogP contribution in [0, 0.1) is 23.7 Å². The van der Waals surface area contributed by atoms with E-state index in [-0.39, 0.29) is 0 Å². The van der Waals surface area contributed by atoms with Gasteiger partial charge in [0.05, 0.1) is 13.2 Å². The lowest BCUT2D eigenvalue weighted by Gasteiger charge is -2.38. The molecule has 0 amide bonds. The first-order valence-electron chi connectivity index (χ1n) is 14.8. The van der Waals surface area contributed by atoms with E-state index >= 15 is 0 Å². The maximum absolute atomic E-state index is 10.2. The van der Waals surface area contributed by atoms with Gasteiger partial charge in [0.1, 0.15) is 48.1 Å². The molecule has 3 aromatic rings. The van der Waals surface area contributed by atoms with Crippen molar-refractivity contribution < 1.29 is 61.1 Å². The highest BCUT2D eigenvalue weighted by molar-refractivity contribution is 5.49. The molecule has 12 nitrogen and oxygen atoms in total. The average molecular weight is 635 g/mol. The number of hydrogen-bond donors (Lipinski definition) is 8. The molecule has 3 aromatic carbocycles. The third-order valence-electron chi connectivity index (χ3n) is 7.78. The van der Waals surface area contributed by atoms with E-state index < -0.39 is 74.5 Å². The molecule has 0 bridgehead atoms. The average Bonchev–Trinajstić information content (AvgIpc) is 3.07. The van der Waals surface area contributed by atoms with Crippen LogP contribution in [0.1, 0.15) is 22.3 Å². The van der Waals surface area contributed by atoms with E-state index in [1.807, 2.05) is 36.4 Å². The van der Waals surface area contributed by atoms with Crippen molar-refractivity contribution in [2.45, 2.75) is 61.3 Å². The van der Waals surface area contributed by atoms with Gasteiger partial charge >= 0.3 is 0 Å². The Morgan fingerprint density at radius 2 is 0.913 bits per heavy atom. The zero-order valence-electron chi connectivity index (χ0n) is 24.8. The molecular weight excluding hydrogens is 596 g/mol. The minimum absolute atomic E-state index is 0.439. The topological polar surface area (TPSA) is 214 Å². The van der Waals surface area contributed by atoms with Crippen molar-refractivity contribution in [1.82, 2.24) is 0 Å². The fourth-order valence-corrected chi connectivity index (χ4v) is 5.00. The molecule has 0 radical (unpaired) electrons. The Hall–Kier alpha value is -4.02. The predicted octanol–water partition coefficient (Wildman–Crippen LogP) is -2.66. The van der Waals surface area contributed by atoms with Crippen molar-refractivity contribution >= 4 is 0 Å². The molecule has 0 aliphatic carbocycles. The first kappa shape index (κ1) is 33.3. The fraction of sp³-hybridized carbons (Fsp3) is 0.353. The van der Waals surface area contributed by atoms with Gasteiger partial charge < -0.3 is 61.1 Å². The number of benzene rings is 3. The Morgan fingerprint density at radius 3 is 1.28 bits per heavy atom. The van der Waals surface area contributed by atoms with Crippen LogP contribution in [-0.2, 0) is 9.47 Å². The lowest BCUT2D eigenvalue weighted by Crippen LogP contribution is -2.78. The van der Waals surface area contributed by atoms with Gasteiger partial charge in [-0.2, -0.15) is 0 Å². The zero-order chi connectivity index (χ0) is 32.8. The van der Waals surface area contributed by atoms with Crippen molar-refractivity contribution in [2.75, 3.05) is 13.2 Å². The van der Waals surface area contributed by atoms with Gasteiger partial charge in [-0.05, 0) is 60.7 Å². The van der Waals surface area contributed by atoms with Crippen LogP contribution in [0.2, 0.25) is 0 Å². The largest absolute Gasteiger partial charge is 0.458 e. The van der Waals surface area contributed by atoms with Gasteiger partial charge in [0.15, 0.2) is 12.1 Å². The molecule has 0 unspecified atom stereocenters. The lowest BCUT2D eigenvalue weighted by atomic mass is 9.98. The van der Waals surface area contributed by atoms with Crippen molar-refractivity contribution in [1.29, 1.82) is 0 Å². The van der Waals surface area contributed by atoms with Gasteiger partial charge in [-0.3, -0.25) is 0 Å². The molecule has 0 saturated carbocycles. The summed E-state index contributed by atoms with van der Waals surface area (Å²) in [6, 6.07) is 19.9. The van der Waals surface area contributed by atoms with Crippen LogP contribution in [-0.4, -0.2) is 105 Å². The summed E-state index contributed by atoms with van der Waals surface area (Å²) < 4.78 is 22.9. The minimum atomic E-state index is -1.26. The summed E-state index contributed by atoms with van der Waals surface area (Å²) in [5, 5.41) is 59.4. The number of aliphatic hydroxyl groups excluding tert-OH is 6. The second-order valence-electron chi connectivity index (χ2n) is 11.1. The summed E-state index contributed by atoms with van der Waals surface area (Å²) in [6.07, 6.45) is -8.81. The van der Waals surface area contributed by atoms with Crippen LogP contribution >= 0.6 is 0 Å². The Bertz CT molecular complexity index is 1470. The van der Waals surface area contributed by atoms with Crippen LogP contribution in [0.5, 0.6) is 11.5 Å². The highest BCUT2D eigenvalue weighted by atomic mass is 16.7. The summed E-state index contributed by atoms with van der Waals surface area (Å²) in [6.45, 7) is -0.938. The molecule has 12 N–H and O–H groups in total. The molecule has 46 heavy (non-hydrogen) atoms. The Labute approximate surface area is 265 Å². The van der Waals surface area contributed by atoms with E-state index in [1.165, 1.54) is 0 Å². The van der Waals surface area contributed by atoms with Crippen molar-refractivity contribution in [2.24, 2.45) is 0 Å². The quantitative estimate of drug-likeness (QED) is 0.132. The Balaban J connectivity index is 1.20. The molecule has 2 aliphatic rings. The van der Waals surface area contributed by atoms with E-state index in [4.69, 9.17) is 18.9 Å². The van der Waals surface area contributed by atoms with Gasteiger partial charge in [0.25, 0.3) is 12.6 Å². The van der Waals surface area contributed by atoms with E-state index in [0.29, 0.717) is 22.6 Å². The van der Waals surface area contributed by atoms with Gasteiger partial charge in [-0.25, -0.2) is 0 Å². The van der Waals surface area contributed by atoms with E-state index in [1.54, 1.807) is 36.4 Å². The molecule has 2 heterocycles. The van der Waals surface area contributed by atoms with Gasteiger partial charge in [-0.15, -0.1) is 0 Å². The lowest BCUT2D eigenvalue weighted by molar-refractivity contribution is -0.494. The molecule has 10 atom stereocenters. The maximum atomic E-state index is 10.2. The predicted molar refractivity (Wildman–Crippen MR) is 161 cm³/mol. The van der Waals surface area contributed by atoms with Gasteiger partial charge in [-0.1, -0.05) is 35.8 Å². The molecule has 5 rings (SSSR count). The van der Waals surface area contributed by atoms with Crippen LogP contribution < -0.4 is 20.9 Å². The molecule has 242 valence electrons. The third kappa shape index (κ3) is 7.85. The third-order valence-corrected chi connectivity index (χ3v) is 7.78. The molecule has 0 aromatic heterocycles. The highest BCUT2D eigenvalue weighted by Crippen LogP contribution is 2.24. The summed E-state index contributed by atoms with van der Waals surface area (Å²) in [4.78, 5) is 0. The summed E-state index contributed by atoms with van der Waals surface area (Å²) in [5.41, 5.74) is 10.6. The first-order chi connectivity index (χ1) is 22.2. The van der Waals surface area contributed by atoms with E-state index in [2.05, 4.69) is 35.1 Å². The van der Waals surface area contributed by atoms with Crippen LogP contribution in [0.3, 0.4) is 0 Å². The van der Waals surface area contributed by atoms with E-state index in [9.17, 15) is 30.6 Å². The normalized spacial score (nSPS) is 30.7. The molecule has 12 heteroatoms. The second-order valence-corrected chi connectivity index (χ2v) is 11.1. The summed E-state index contributed by atoms with van der Waals surface area (Å²) in [5.74, 6) is 13.3. The van der Waals surface area contributed by atoms with E-state index in [0.717, 1.165) is 11.1 Å². The number of aliphatic hydroxyl groups is 6. The number of rotatable bonds is 6. The van der Waals surface area contributed by atoms with Crippen LogP contribution in [0.4, 0.5) is 0 Å². The molecule has 2 saturated heterocycles.